The number of nitrogen functional groups attached to an aromatic ring is 1. The summed E-state index contributed by atoms with van der Waals surface area (Å²) in [5, 5.41) is 0. The number of nitrogens with zero attached hydrogens (tertiary/aromatic N) is 2. The van der Waals surface area contributed by atoms with Crippen molar-refractivity contribution in [2.45, 2.75) is 0 Å². The minimum absolute atomic E-state index is 0.299. The lowest BCUT2D eigenvalue weighted by molar-refractivity contribution is 0.606. The number of rotatable bonds is 1. The molecule has 3 aromatic rings. The second-order valence-electron chi connectivity index (χ2n) is 3.62. The Kier molecular flexibility index (Phi) is 2.04. The molecule has 4 nitrogen and oxygen atoms in total. The number of benzene rings is 1. The summed E-state index contributed by atoms with van der Waals surface area (Å²) in [6, 6.07) is 7.59. The van der Waals surface area contributed by atoms with Crippen molar-refractivity contribution in [3.05, 3.63) is 42.3 Å². The summed E-state index contributed by atoms with van der Waals surface area (Å²) in [5.41, 5.74) is 7.82. The lowest BCUT2D eigenvalue weighted by Crippen LogP contribution is -1.85. The predicted molar refractivity (Wildman–Crippen MR) is 61.6 cm³/mol. The molecule has 2 aromatic heterocycles. The fraction of sp³-hybridized carbons (Fsp3) is 0. The van der Waals surface area contributed by atoms with E-state index in [1.165, 1.54) is 18.3 Å². The van der Waals surface area contributed by atoms with Crippen LogP contribution in [0.4, 0.5) is 10.1 Å². The average molecular weight is 229 g/mol. The van der Waals surface area contributed by atoms with E-state index >= 15 is 0 Å². The number of halogens is 1. The summed E-state index contributed by atoms with van der Waals surface area (Å²) in [6.45, 7) is 0. The first kappa shape index (κ1) is 9.77. The number of oxazole rings is 1. The van der Waals surface area contributed by atoms with E-state index in [4.69, 9.17) is 10.2 Å². The number of pyridine rings is 1. The van der Waals surface area contributed by atoms with E-state index in [1.807, 2.05) is 0 Å². The first-order valence-electron chi connectivity index (χ1n) is 5.00. The van der Waals surface area contributed by atoms with E-state index in [1.54, 1.807) is 18.2 Å². The number of anilines is 1. The number of nitrogens with two attached hydrogens (primary N) is 1. The first-order chi connectivity index (χ1) is 8.22. The lowest BCUT2D eigenvalue weighted by Gasteiger charge is -1.93. The van der Waals surface area contributed by atoms with Crippen molar-refractivity contribution in [2.24, 2.45) is 0 Å². The van der Waals surface area contributed by atoms with Crippen LogP contribution in [0.15, 0.2) is 40.9 Å². The molecule has 0 bridgehead atoms. The van der Waals surface area contributed by atoms with Gasteiger partial charge in [0.1, 0.15) is 11.3 Å². The Balaban J connectivity index is 2.14. The van der Waals surface area contributed by atoms with E-state index in [0.29, 0.717) is 28.4 Å². The second-order valence-corrected chi connectivity index (χ2v) is 3.62. The summed E-state index contributed by atoms with van der Waals surface area (Å²) in [5.74, 6) is 0.102. The van der Waals surface area contributed by atoms with Gasteiger partial charge in [0.05, 0.1) is 11.9 Å². The van der Waals surface area contributed by atoms with Gasteiger partial charge in [-0.15, -0.1) is 0 Å². The summed E-state index contributed by atoms with van der Waals surface area (Å²) in [6.07, 6.45) is 1.50. The van der Waals surface area contributed by atoms with Crippen molar-refractivity contribution in [2.75, 3.05) is 5.73 Å². The maximum Gasteiger partial charge on any atom is 0.247 e. The molecule has 0 aliphatic carbocycles. The summed E-state index contributed by atoms with van der Waals surface area (Å²) in [4.78, 5) is 8.26. The maximum atomic E-state index is 12.8. The molecule has 0 saturated heterocycles. The number of aromatic nitrogens is 2. The minimum Gasteiger partial charge on any atom is -0.418 e. The van der Waals surface area contributed by atoms with Crippen molar-refractivity contribution >= 4 is 16.9 Å². The Labute approximate surface area is 95.9 Å². The van der Waals surface area contributed by atoms with Crippen LogP contribution in [0.2, 0.25) is 0 Å². The van der Waals surface area contributed by atoms with Gasteiger partial charge >= 0.3 is 0 Å². The smallest absolute Gasteiger partial charge is 0.247 e. The highest BCUT2D eigenvalue weighted by Crippen LogP contribution is 2.23. The molecule has 17 heavy (non-hydrogen) atoms. The third kappa shape index (κ3) is 1.71. The van der Waals surface area contributed by atoms with Crippen LogP contribution in [-0.2, 0) is 0 Å². The Bertz CT molecular complexity index is 676. The molecule has 0 saturated carbocycles. The third-order valence-corrected chi connectivity index (χ3v) is 2.36. The predicted octanol–water partition coefficient (Wildman–Crippen LogP) is 2.61. The van der Waals surface area contributed by atoms with Crippen LogP contribution in [0.1, 0.15) is 0 Å². The highest BCUT2D eigenvalue weighted by Gasteiger charge is 2.09. The van der Waals surface area contributed by atoms with Crippen LogP contribution >= 0.6 is 0 Å². The molecule has 0 unspecified atom stereocenters. The van der Waals surface area contributed by atoms with Gasteiger partial charge in [-0.1, -0.05) is 0 Å². The van der Waals surface area contributed by atoms with E-state index in [-0.39, 0.29) is 5.82 Å². The molecule has 0 spiro atoms. The van der Waals surface area contributed by atoms with Crippen LogP contribution < -0.4 is 5.73 Å². The molecule has 0 radical (unpaired) electrons. The highest BCUT2D eigenvalue weighted by atomic mass is 19.1. The largest absolute Gasteiger partial charge is 0.418 e. The highest BCUT2D eigenvalue weighted by molar-refractivity contribution is 5.75. The Hall–Kier alpha value is -2.43. The van der Waals surface area contributed by atoms with Crippen LogP contribution in [-0.4, -0.2) is 9.97 Å². The minimum atomic E-state index is -0.299. The molecule has 2 heterocycles. The van der Waals surface area contributed by atoms with E-state index in [0.717, 1.165) is 0 Å². The van der Waals surface area contributed by atoms with Crippen molar-refractivity contribution < 1.29 is 8.81 Å². The molecular formula is C12H8FN3O. The Morgan fingerprint density at radius 2 is 1.94 bits per heavy atom. The lowest BCUT2D eigenvalue weighted by atomic mass is 10.2. The molecule has 5 heteroatoms. The second kappa shape index (κ2) is 3.55. The van der Waals surface area contributed by atoms with Gasteiger partial charge < -0.3 is 10.2 Å². The fourth-order valence-corrected chi connectivity index (χ4v) is 1.55. The van der Waals surface area contributed by atoms with Crippen LogP contribution in [0.5, 0.6) is 0 Å². The van der Waals surface area contributed by atoms with Crippen molar-refractivity contribution in [3.63, 3.8) is 0 Å². The van der Waals surface area contributed by atoms with Crippen LogP contribution in [0.3, 0.4) is 0 Å². The third-order valence-electron chi connectivity index (χ3n) is 2.36. The molecule has 0 amide bonds. The van der Waals surface area contributed by atoms with Crippen LogP contribution in [0, 0.1) is 5.82 Å². The quantitative estimate of drug-likeness (QED) is 0.696. The summed E-state index contributed by atoms with van der Waals surface area (Å²) < 4.78 is 18.2. The molecular weight excluding hydrogens is 221 g/mol. The fourth-order valence-electron chi connectivity index (χ4n) is 1.55. The van der Waals surface area contributed by atoms with Gasteiger partial charge in [-0.2, -0.15) is 0 Å². The summed E-state index contributed by atoms with van der Waals surface area (Å²) >= 11 is 0. The molecule has 1 aromatic carbocycles. The Morgan fingerprint density at radius 3 is 2.71 bits per heavy atom. The van der Waals surface area contributed by atoms with Crippen LogP contribution in [0.25, 0.3) is 22.7 Å². The molecule has 0 aliphatic rings. The molecule has 3 rings (SSSR count). The van der Waals surface area contributed by atoms with Gasteiger partial charge in [0, 0.05) is 5.56 Å². The maximum absolute atomic E-state index is 12.8. The number of fused-ring (bicyclic) bond motifs is 1. The van der Waals surface area contributed by atoms with Gasteiger partial charge in [0.15, 0.2) is 0 Å². The SMILES string of the molecule is Nc1cnc2oc(-c3ccc(F)cc3)nc2c1. The van der Waals surface area contributed by atoms with Gasteiger partial charge in [0.2, 0.25) is 11.6 Å². The standard InChI is InChI=1S/C12H8FN3O/c13-8-3-1-7(2-4-8)11-16-10-5-9(14)6-15-12(10)17-11/h1-6H,14H2. The molecule has 84 valence electrons. The van der Waals surface area contributed by atoms with Gasteiger partial charge in [-0.05, 0) is 30.3 Å². The molecule has 2 N–H and O–H groups in total. The molecule has 0 fully saturated rings. The first-order valence-corrected chi connectivity index (χ1v) is 5.00. The van der Waals surface area contributed by atoms with E-state index in [2.05, 4.69) is 9.97 Å². The van der Waals surface area contributed by atoms with Gasteiger partial charge in [-0.3, -0.25) is 0 Å². The molecule has 0 aliphatic heterocycles. The number of hydrogen-bond acceptors (Lipinski definition) is 4. The zero-order valence-corrected chi connectivity index (χ0v) is 8.72. The van der Waals surface area contributed by atoms with E-state index in [9.17, 15) is 4.39 Å². The van der Waals surface area contributed by atoms with Gasteiger partial charge in [0.25, 0.3) is 0 Å². The van der Waals surface area contributed by atoms with Gasteiger partial charge in [-0.25, -0.2) is 14.4 Å². The van der Waals surface area contributed by atoms with Crippen molar-refractivity contribution in [1.82, 2.24) is 9.97 Å². The van der Waals surface area contributed by atoms with Crippen molar-refractivity contribution in [3.8, 4) is 11.5 Å². The number of hydrogen-bond donors (Lipinski definition) is 1. The van der Waals surface area contributed by atoms with E-state index < -0.39 is 0 Å². The van der Waals surface area contributed by atoms with Crippen molar-refractivity contribution in [1.29, 1.82) is 0 Å². The topological polar surface area (TPSA) is 64.9 Å². The zero-order chi connectivity index (χ0) is 11.8. The average Bonchev–Trinajstić information content (AvgIpc) is 2.72. The monoisotopic (exact) mass is 229 g/mol. The zero-order valence-electron chi connectivity index (χ0n) is 8.72. The summed E-state index contributed by atoms with van der Waals surface area (Å²) in [7, 11) is 0. The normalized spacial score (nSPS) is 10.9. The molecule has 0 atom stereocenters. The Morgan fingerprint density at radius 1 is 1.18 bits per heavy atom.